The van der Waals surface area contributed by atoms with Crippen molar-refractivity contribution in [3.05, 3.63) is 6.20 Å². The van der Waals surface area contributed by atoms with Gasteiger partial charge in [-0.15, -0.1) is 0 Å². The molecule has 6 nitrogen and oxygen atoms in total. The van der Waals surface area contributed by atoms with Gasteiger partial charge in [-0.05, 0) is 37.5 Å². The Labute approximate surface area is 127 Å². The maximum atomic E-state index is 12.5. The summed E-state index contributed by atoms with van der Waals surface area (Å²) in [5.41, 5.74) is 5.77. The van der Waals surface area contributed by atoms with Crippen molar-refractivity contribution in [3.8, 4) is 0 Å². The van der Waals surface area contributed by atoms with E-state index < -0.39 is 10.0 Å². The van der Waals surface area contributed by atoms with Gasteiger partial charge in [-0.2, -0.15) is 5.10 Å². The lowest BCUT2D eigenvalue weighted by Gasteiger charge is -2.31. The summed E-state index contributed by atoms with van der Waals surface area (Å²) in [6.45, 7) is 7.02. The average molecular weight is 314 g/mol. The van der Waals surface area contributed by atoms with Gasteiger partial charge in [0.2, 0.25) is 10.0 Å². The van der Waals surface area contributed by atoms with Crippen LogP contribution in [0, 0.1) is 11.8 Å². The topological polar surface area (TPSA) is 90.0 Å². The van der Waals surface area contributed by atoms with Gasteiger partial charge < -0.3 is 5.73 Å². The van der Waals surface area contributed by atoms with Crippen molar-refractivity contribution in [2.75, 3.05) is 5.73 Å². The molecule has 1 heterocycles. The van der Waals surface area contributed by atoms with Gasteiger partial charge in [0, 0.05) is 18.8 Å². The summed E-state index contributed by atoms with van der Waals surface area (Å²) >= 11 is 0. The zero-order chi connectivity index (χ0) is 15.6. The van der Waals surface area contributed by atoms with Crippen LogP contribution in [-0.2, 0) is 16.6 Å². The van der Waals surface area contributed by atoms with Gasteiger partial charge in [0.15, 0.2) is 5.82 Å². The molecule has 2 atom stereocenters. The molecule has 0 aromatic carbocycles. The van der Waals surface area contributed by atoms with Crippen molar-refractivity contribution in [1.82, 2.24) is 14.5 Å². The van der Waals surface area contributed by atoms with E-state index in [0.717, 1.165) is 25.7 Å². The van der Waals surface area contributed by atoms with Gasteiger partial charge in [0.25, 0.3) is 0 Å². The number of nitrogens with zero attached hydrogens (tertiary/aromatic N) is 2. The van der Waals surface area contributed by atoms with Crippen molar-refractivity contribution in [2.24, 2.45) is 11.8 Å². The summed E-state index contributed by atoms with van der Waals surface area (Å²) in [4.78, 5) is 0.0989. The summed E-state index contributed by atoms with van der Waals surface area (Å²) in [6.07, 6.45) is 5.33. The van der Waals surface area contributed by atoms with Crippen molar-refractivity contribution in [1.29, 1.82) is 0 Å². The van der Waals surface area contributed by atoms with Crippen molar-refractivity contribution in [2.45, 2.75) is 63.9 Å². The molecule has 21 heavy (non-hydrogen) atoms. The van der Waals surface area contributed by atoms with Crippen LogP contribution < -0.4 is 10.5 Å². The molecule has 7 heteroatoms. The molecule has 1 fully saturated rings. The molecule has 1 aromatic rings. The van der Waals surface area contributed by atoms with Crippen LogP contribution >= 0.6 is 0 Å². The third-order valence-corrected chi connectivity index (χ3v) is 5.53. The number of rotatable bonds is 5. The zero-order valence-corrected chi connectivity index (χ0v) is 13.9. The number of sulfonamides is 1. The molecule has 1 aromatic heterocycles. The second-order valence-corrected chi connectivity index (χ2v) is 8.06. The molecule has 2 rings (SSSR count). The Morgan fingerprint density at radius 3 is 2.52 bits per heavy atom. The molecule has 1 aliphatic rings. The molecule has 0 saturated heterocycles. The van der Waals surface area contributed by atoms with Gasteiger partial charge in [-0.25, -0.2) is 13.1 Å². The standard InChI is InChI=1S/C14H26N4O2S/c1-4-5-18-9-13(14(15)16-18)21(19,20)17-12-7-10(2)6-11(3)8-12/h9-12,17H,4-8H2,1-3H3,(H2,15,16). The molecule has 0 aliphatic heterocycles. The van der Waals surface area contributed by atoms with Crippen LogP contribution in [0.15, 0.2) is 11.1 Å². The molecule has 0 amide bonds. The molecule has 1 saturated carbocycles. The minimum absolute atomic E-state index is 0.0114. The third kappa shape index (κ3) is 3.97. The number of hydrogen-bond acceptors (Lipinski definition) is 4. The second-order valence-electron chi connectivity index (χ2n) is 6.38. The van der Waals surface area contributed by atoms with E-state index >= 15 is 0 Å². The Morgan fingerprint density at radius 1 is 1.33 bits per heavy atom. The molecule has 1 aliphatic carbocycles. The smallest absolute Gasteiger partial charge is 0.246 e. The van der Waals surface area contributed by atoms with E-state index in [1.165, 1.54) is 6.20 Å². The molecular weight excluding hydrogens is 288 g/mol. The van der Waals surface area contributed by atoms with Crippen molar-refractivity contribution in [3.63, 3.8) is 0 Å². The minimum atomic E-state index is -3.59. The van der Waals surface area contributed by atoms with Crippen LogP contribution in [0.25, 0.3) is 0 Å². The van der Waals surface area contributed by atoms with E-state index in [0.29, 0.717) is 18.4 Å². The molecular formula is C14H26N4O2S. The predicted molar refractivity (Wildman–Crippen MR) is 83.2 cm³/mol. The fraction of sp³-hybridized carbons (Fsp3) is 0.786. The number of nitrogens with one attached hydrogen (secondary N) is 1. The lowest BCUT2D eigenvalue weighted by Crippen LogP contribution is -2.40. The maximum absolute atomic E-state index is 12.5. The van der Waals surface area contributed by atoms with Crippen LogP contribution in [0.1, 0.15) is 46.5 Å². The number of aromatic nitrogens is 2. The first-order chi connectivity index (χ1) is 9.81. The molecule has 0 bridgehead atoms. The van der Waals surface area contributed by atoms with Crippen LogP contribution in [-0.4, -0.2) is 24.2 Å². The fourth-order valence-corrected chi connectivity index (χ4v) is 4.63. The number of hydrogen-bond donors (Lipinski definition) is 2. The van der Waals surface area contributed by atoms with Gasteiger partial charge in [0.05, 0.1) is 0 Å². The van der Waals surface area contributed by atoms with E-state index in [9.17, 15) is 8.42 Å². The summed E-state index contributed by atoms with van der Waals surface area (Å²) in [5, 5.41) is 4.06. The van der Waals surface area contributed by atoms with Crippen LogP contribution in [0.3, 0.4) is 0 Å². The van der Waals surface area contributed by atoms with Crippen LogP contribution in [0.5, 0.6) is 0 Å². The summed E-state index contributed by atoms with van der Waals surface area (Å²) in [6, 6.07) is -0.0114. The third-order valence-electron chi connectivity index (χ3n) is 4.00. The largest absolute Gasteiger partial charge is 0.381 e. The lowest BCUT2D eigenvalue weighted by molar-refractivity contribution is 0.258. The highest BCUT2D eigenvalue weighted by molar-refractivity contribution is 7.89. The Morgan fingerprint density at radius 2 is 1.95 bits per heavy atom. The van der Waals surface area contributed by atoms with E-state index in [-0.39, 0.29) is 16.8 Å². The van der Waals surface area contributed by atoms with E-state index in [1.54, 1.807) is 4.68 Å². The Kier molecular flexibility index (Phi) is 4.93. The van der Waals surface area contributed by atoms with Crippen molar-refractivity contribution < 1.29 is 8.42 Å². The van der Waals surface area contributed by atoms with Crippen LogP contribution in [0.4, 0.5) is 5.82 Å². The second kappa shape index (κ2) is 6.36. The first kappa shape index (κ1) is 16.3. The molecule has 2 unspecified atom stereocenters. The average Bonchev–Trinajstić information content (AvgIpc) is 2.69. The zero-order valence-electron chi connectivity index (χ0n) is 13.0. The number of nitrogens with two attached hydrogens (primary N) is 1. The van der Waals surface area contributed by atoms with Crippen LogP contribution in [0.2, 0.25) is 0 Å². The van der Waals surface area contributed by atoms with Gasteiger partial charge in [0.1, 0.15) is 4.90 Å². The Bertz CT molecular complexity index is 572. The van der Waals surface area contributed by atoms with Gasteiger partial charge in [-0.3, -0.25) is 4.68 Å². The Hall–Kier alpha value is -1.08. The predicted octanol–water partition coefficient (Wildman–Crippen LogP) is 1.98. The van der Waals surface area contributed by atoms with Gasteiger partial charge in [-0.1, -0.05) is 20.8 Å². The highest BCUT2D eigenvalue weighted by Crippen LogP contribution is 2.29. The summed E-state index contributed by atoms with van der Waals surface area (Å²) in [5.74, 6) is 1.16. The number of nitrogen functional groups attached to an aromatic ring is 1. The first-order valence-corrected chi connectivity index (χ1v) is 9.15. The monoisotopic (exact) mass is 314 g/mol. The summed E-state index contributed by atoms with van der Waals surface area (Å²) < 4.78 is 29.4. The minimum Gasteiger partial charge on any atom is -0.381 e. The first-order valence-electron chi connectivity index (χ1n) is 7.67. The molecule has 0 spiro atoms. The highest BCUT2D eigenvalue weighted by atomic mass is 32.2. The SMILES string of the molecule is CCCn1cc(S(=O)(=O)NC2CC(C)CC(C)C2)c(N)n1. The van der Waals surface area contributed by atoms with Gasteiger partial charge >= 0.3 is 0 Å². The van der Waals surface area contributed by atoms with Crippen molar-refractivity contribution >= 4 is 15.8 Å². The quantitative estimate of drug-likeness (QED) is 0.869. The number of aryl methyl sites for hydroxylation is 1. The summed E-state index contributed by atoms with van der Waals surface area (Å²) in [7, 11) is -3.59. The molecule has 3 N–H and O–H groups in total. The highest BCUT2D eigenvalue weighted by Gasteiger charge is 2.29. The molecule has 0 radical (unpaired) electrons. The number of anilines is 1. The maximum Gasteiger partial charge on any atom is 0.246 e. The molecule has 120 valence electrons. The normalized spacial score (nSPS) is 26.9. The van der Waals surface area contributed by atoms with E-state index in [1.807, 2.05) is 6.92 Å². The van der Waals surface area contributed by atoms with E-state index in [2.05, 4.69) is 23.7 Å². The Balaban J connectivity index is 2.14. The lowest BCUT2D eigenvalue weighted by atomic mass is 9.81. The fourth-order valence-electron chi connectivity index (χ4n) is 3.29. The van der Waals surface area contributed by atoms with E-state index in [4.69, 9.17) is 5.73 Å².